The summed E-state index contributed by atoms with van der Waals surface area (Å²) in [6, 6.07) is 9.69. The van der Waals surface area contributed by atoms with E-state index < -0.39 is 0 Å². The van der Waals surface area contributed by atoms with Gasteiger partial charge in [0.1, 0.15) is 11.6 Å². The molecule has 8 heteroatoms. The number of benzene rings is 2. The van der Waals surface area contributed by atoms with E-state index in [1.54, 1.807) is 35.2 Å². The highest BCUT2D eigenvalue weighted by atomic mass is 79.9. The van der Waals surface area contributed by atoms with Crippen LogP contribution in [0, 0.1) is 5.82 Å². The van der Waals surface area contributed by atoms with Gasteiger partial charge in [-0.15, -0.1) is 0 Å². The number of fused-ring (bicyclic) bond motifs is 1. The predicted octanol–water partition coefficient (Wildman–Crippen LogP) is 4.85. The summed E-state index contributed by atoms with van der Waals surface area (Å²) in [4.78, 5) is 33.9. The fraction of sp³-hybridized carbons (Fsp3) is 0.286. The molecule has 0 saturated carbocycles. The molecule has 1 N–H and O–H groups in total. The van der Waals surface area contributed by atoms with Crippen molar-refractivity contribution in [3.05, 3.63) is 73.5 Å². The van der Waals surface area contributed by atoms with E-state index in [0.29, 0.717) is 44.8 Å². The topological polar surface area (TPSA) is 66.1 Å². The molecule has 0 saturated heterocycles. The van der Waals surface area contributed by atoms with Crippen LogP contribution in [0.1, 0.15) is 31.2 Å². The van der Waals surface area contributed by atoms with Crippen LogP contribution >= 0.6 is 27.5 Å². The van der Waals surface area contributed by atoms with Crippen molar-refractivity contribution < 1.29 is 9.18 Å². The maximum atomic E-state index is 14.0. The molecule has 0 spiro atoms. The standard InChI is InChI=1S/C21H20BrClFN3O2/c1-2-9-27(20(28)8-4-13-3-5-14(22)10-17(13)24)12-19-25-18-11-15(23)6-7-16(18)21(29)26-19/h3,5-7,10-11H,2,4,8-9,12H2,1H3,(H,25,26,29). The molecule has 0 aliphatic carbocycles. The Kier molecular flexibility index (Phi) is 7.03. The number of aromatic nitrogens is 2. The molecule has 2 aromatic carbocycles. The van der Waals surface area contributed by atoms with Crippen molar-refractivity contribution in [2.24, 2.45) is 0 Å². The average Bonchev–Trinajstić information content (AvgIpc) is 2.66. The largest absolute Gasteiger partial charge is 0.335 e. The first kappa shape index (κ1) is 21.5. The molecule has 29 heavy (non-hydrogen) atoms. The first-order valence-corrected chi connectivity index (χ1v) is 10.4. The Morgan fingerprint density at radius 3 is 2.79 bits per heavy atom. The third kappa shape index (κ3) is 5.42. The van der Waals surface area contributed by atoms with Crippen molar-refractivity contribution in [1.82, 2.24) is 14.9 Å². The molecule has 0 unspecified atom stereocenters. The summed E-state index contributed by atoms with van der Waals surface area (Å²) in [7, 11) is 0. The maximum absolute atomic E-state index is 14.0. The van der Waals surface area contributed by atoms with Crippen LogP contribution < -0.4 is 5.56 Å². The van der Waals surface area contributed by atoms with Crippen molar-refractivity contribution in [3.63, 3.8) is 0 Å². The highest BCUT2D eigenvalue weighted by Gasteiger charge is 2.16. The van der Waals surface area contributed by atoms with Crippen molar-refractivity contribution in [1.29, 1.82) is 0 Å². The predicted molar refractivity (Wildman–Crippen MR) is 116 cm³/mol. The second-order valence-electron chi connectivity index (χ2n) is 6.73. The molecule has 1 aromatic heterocycles. The van der Waals surface area contributed by atoms with Crippen LogP contribution in [-0.2, 0) is 17.8 Å². The van der Waals surface area contributed by atoms with Crippen LogP contribution in [0.25, 0.3) is 10.9 Å². The number of aryl methyl sites for hydroxylation is 1. The Balaban J connectivity index is 1.76. The number of nitrogens with zero attached hydrogens (tertiary/aromatic N) is 2. The van der Waals surface area contributed by atoms with E-state index in [9.17, 15) is 14.0 Å². The summed E-state index contributed by atoms with van der Waals surface area (Å²) in [6.45, 7) is 2.65. The van der Waals surface area contributed by atoms with Gasteiger partial charge >= 0.3 is 0 Å². The maximum Gasteiger partial charge on any atom is 0.258 e. The molecule has 5 nitrogen and oxygen atoms in total. The molecule has 152 valence electrons. The third-order valence-corrected chi connectivity index (χ3v) is 5.26. The number of hydrogen-bond donors (Lipinski definition) is 1. The monoisotopic (exact) mass is 479 g/mol. The van der Waals surface area contributed by atoms with E-state index in [1.807, 2.05) is 6.92 Å². The van der Waals surface area contributed by atoms with Gasteiger partial charge in [0, 0.05) is 22.5 Å². The van der Waals surface area contributed by atoms with E-state index >= 15 is 0 Å². The number of carbonyl (C=O) groups is 1. The van der Waals surface area contributed by atoms with Gasteiger partial charge in [0.2, 0.25) is 5.91 Å². The zero-order valence-corrected chi connectivity index (χ0v) is 18.2. The van der Waals surface area contributed by atoms with E-state index in [2.05, 4.69) is 25.9 Å². The lowest BCUT2D eigenvalue weighted by molar-refractivity contribution is -0.131. The van der Waals surface area contributed by atoms with Crippen LogP contribution in [0.15, 0.2) is 45.7 Å². The van der Waals surface area contributed by atoms with Gasteiger partial charge in [-0.3, -0.25) is 9.59 Å². The number of rotatable bonds is 7. The Hall–Kier alpha value is -2.25. The molecule has 0 atom stereocenters. The van der Waals surface area contributed by atoms with Crippen molar-refractivity contribution >= 4 is 44.3 Å². The molecule has 0 radical (unpaired) electrons. The Labute approximate surface area is 181 Å². The molecular formula is C21H20BrClFN3O2. The van der Waals surface area contributed by atoms with Gasteiger partial charge in [0.25, 0.3) is 5.56 Å². The van der Waals surface area contributed by atoms with Crippen LogP contribution in [-0.4, -0.2) is 27.3 Å². The van der Waals surface area contributed by atoms with Gasteiger partial charge in [-0.05, 0) is 48.7 Å². The number of amides is 1. The molecule has 0 bridgehead atoms. The zero-order chi connectivity index (χ0) is 21.0. The average molecular weight is 481 g/mol. The van der Waals surface area contributed by atoms with Crippen LogP contribution in [0.5, 0.6) is 0 Å². The Morgan fingerprint density at radius 2 is 2.07 bits per heavy atom. The molecule has 0 fully saturated rings. The lowest BCUT2D eigenvalue weighted by Gasteiger charge is -2.22. The van der Waals surface area contributed by atoms with E-state index in [4.69, 9.17) is 11.6 Å². The fourth-order valence-electron chi connectivity index (χ4n) is 3.10. The smallest absolute Gasteiger partial charge is 0.258 e. The number of hydrogen-bond acceptors (Lipinski definition) is 3. The lowest BCUT2D eigenvalue weighted by Crippen LogP contribution is -2.33. The minimum atomic E-state index is -0.341. The zero-order valence-electron chi connectivity index (χ0n) is 15.8. The molecule has 3 aromatic rings. The van der Waals surface area contributed by atoms with Crippen molar-refractivity contribution in [3.8, 4) is 0 Å². The van der Waals surface area contributed by atoms with Gasteiger partial charge < -0.3 is 9.88 Å². The minimum Gasteiger partial charge on any atom is -0.335 e. The Bertz CT molecular complexity index is 1100. The number of aromatic amines is 1. The quantitative estimate of drug-likeness (QED) is 0.526. The lowest BCUT2D eigenvalue weighted by atomic mass is 10.1. The Morgan fingerprint density at radius 1 is 1.28 bits per heavy atom. The summed E-state index contributed by atoms with van der Waals surface area (Å²) < 4.78 is 14.7. The van der Waals surface area contributed by atoms with Gasteiger partial charge in [-0.25, -0.2) is 9.37 Å². The number of H-pyrrole nitrogens is 1. The fourth-order valence-corrected chi connectivity index (χ4v) is 3.60. The molecule has 0 aliphatic heterocycles. The van der Waals surface area contributed by atoms with Gasteiger partial charge in [-0.2, -0.15) is 0 Å². The second kappa shape index (κ2) is 9.50. The molecule has 1 amide bonds. The van der Waals surface area contributed by atoms with Gasteiger partial charge in [0.05, 0.1) is 17.4 Å². The van der Waals surface area contributed by atoms with Gasteiger partial charge in [-0.1, -0.05) is 40.5 Å². The van der Waals surface area contributed by atoms with Crippen LogP contribution in [0.2, 0.25) is 5.02 Å². The van der Waals surface area contributed by atoms with Crippen LogP contribution in [0.4, 0.5) is 4.39 Å². The van der Waals surface area contributed by atoms with Crippen molar-refractivity contribution in [2.45, 2.75) is 32.7 Å². The molecule has 3 rings (SSSR count). The number of nitrogens with one attached hydrogen (secondary N) is 1. The van der Waals surface area contributed by atoms with E-state index in [1.165, 1.54) is 6.07 Å². The van der Waals surface area contributed by atoms with Crippen molar-refractivity contribution in [2.75, 3.05) is 6.54 Å². The second-order valence-corrected chi connectivity index (χ2v) is 8.08. The summed E-state index contributed by atoms with van der Waals surface area (Å²) in [6.07, 6.45) is 1.22. The third-order valence-electron chi connectivity index (χ3n) is 4.53. The SMILES string of the molecule is CCCN(Cc1nc2cc(Cl)ccc2c(=O)[nH]1)C(=O)CCc1ccc(Br)cc1F. The highest BCUT2D eigenvalue weighted by Crippen LogP contribution is 2.18. The summed E-state index contributed by atoms with van der Waals surface area (Å²) >= 11 is 9.23. The summed E-state index contributed by atoms with van der Waals surface area (Å²) in [5.74, 6) is -0.0731. The highest BCUT2D eigenvalue weighted by molar-refractivity contribution is 9.10. The van der Waals surface area contributed by atoms with Gasteiger partial charge in [0.15, 0.2) is 0 Å². The molecule has 1 heterocycles. The normalized spacial score (nSPS) is 11.0. The summed E-state index contributed by atoms with van der Waals surface area (Å²) in [5, 5.41) is 0.928. The van der Waals surface area contributed by atoms with Crippen LogP contribution in [0.3, 0.4) is 0 Å². The van der Waals surface area contributed by atoms with E-state index in [-0.39, 0.29) is 30.2 Å². The van der Waals surface area contributed by atoms with E-state index in [0.717, 1.165) is 6.42 Å². The first-order valence-electron chi connectivity index (χ1n) is 9.27. The first-order chi connectivity index (χ1) is 13.9. The minimum absolute atomic E-state index is 0.122. The number of carbonyl (C=O) groups excluding carboxylic acids is 1. The number of halogens is 3. The molecule has 0 aliphatic rings. The summed E-state index contributed by atoms with van der Waals surface area (Å²) in [5.41, 5.74) is 0.699. The molecular weight excluding hydrogens is 461 g/mol.